The van der Waals surface area contributed by atoms with Gasteiger partial charge in [-0.25, -0.2) is 0 Å². The molecule has 0 amide bonds. The van der Waals surface area contributed by atoms with Crippen molar-refractivity contribution in [2.45, 2.75) is 52.1 Å². The van der Waals surface area contributed by atoms with E-state index in [4.69, 9.17) is 5.73 Å². The fourth-order valence-electron chi connectivity index (χ4n) is 2.61. The number of aliphatic hydroxyl groups is 1. The normalized spacial score (nSPS) is 34.3. The van der Waals surface area contributed by atoms with Crippen LogP contribution in [0.4, 0.5) is 0 Å². The van der Waals surface area contributed by atoms with Crippen LogP contribution in [-0.2, 0) is 0 Å². The van der Waals surface area contributed by atoms with Gasteiger partial charge in [0.05, 0.1) is 5.60 Å². The van der Waals surface area contributed by atoms with Crippen molar-refractivity contribution in [1.29, 1.82) is 0 Å². The average Bonchev–Trinajstić information content (AvgIpc) is 2.08. The van der Waals surface area contributed by atoms with E-state index in [-0.39, 0.29) is 0 Å². The number of nitrogens with two attached hydrogens (primary N) is 1. The van der Waals surface area contributed by atoms with Gasteiger partial charge in [-0.15, -0.1) is 0 Å². The van der Waals surface area contributed by atoms with E-state index < -0.39 is 5.60 Å². The van der Waals surface area contributed by atoms with Gasteiger partial charge in [-0.3, -0.25) is 0 Å². The average molecular weight is 199 g/mol. The Balaban J connectivity index is 2.44. The van der Waals surface area contributed by atoms with Gasteiger partial charge in [0, 0.05) is 0 Å². The van der Waals surface area contributed by atoms with Crippen LogP contribution in [0.5, 0.6) is 0 Å². The Hall–Kier alpha value is -0.0800. The maximum atomic E-state index is 10.3. The van der Waals surface area contributed by atoms with Gasteiger partial charge < -0.3 is 10.8 Å². The standard InChI is InChI=1S/C12H25NO/c1-4-5-11(8-13)12(14)6-10(7-12)9(2)3/h9-11,14H,4-8,13H2,1-3H3. The summed E-state index contributed by atoms with van der Waals surface area (Å²) in [6.07, 6.45) is 4.12. The highest BCUT2D eigenvalue weighted by Gasteiger charge is 2.47. The second kappa shape index (κ2) is 4.63. The Kier molecular flexibility index (Phi) is 3.96. The molecule has 0 heterocycles. The van der Waals surface area contributed by atoms with Crippen molar-refractivity contribution >= 4 is 0 Å². The van der Waals surface area contributed by atoms with Gasteiger partial charge in [0.1, 0.15) is 0 Å². The first-order chi connectivity index (χ1) is 6.53. The molecule has 3 N–H and O–H groups in total. The Morgan fingerprint density at radius 3 is 2.36 bits per heavy atom. The van der Waals surface area contributed by atoms with E-state index in [0.29, 0.717) is 24.3 Å². The molecule has 0 aromatic heterocycles. The van der Waals surface area contributed by atoms with Crippen molar-refractivity contribution in [2.24, 2.45) is 23.5 Å². The maximum Gasteiger partial charge on any atom is 0.0693 e. The lowest BCUT2D eigenvalue weighted by Gasteiger charge is -2.50. The summed E-state index contributed by atoms with van der Waals surface area (Å²) in [5.41, 5.74) is 5.29. The van der Waals surface area contributed by atoms with Crippen LogP contribution < -0.4 is 5.73 Å². The predicted molar refractivity (Wildman–Crippen MR) is 60.0 cm³/mol. The van der Waals surface area contributed by atoms with Crippen LogP contribution in [0.3, 0.4) is 0 Å². The summed E-state index contributed by atoms with van der Waals surface area (Å²) in [4.78, 5) is 0. The molecule has 1 aliphatic rings. The van der Waals surface area contributed by atoms with Crippen molar-refractivity contribution in [3.8, 4) is 0 Å². The highest BCUT2D eigenvalue weighted by Crippen LogP contribution is 2.47. The molecule has 0 radical (unpaired) electrons. The van der Waals surface area contributed by atoms with E-state index in [1.807, 2.05) is 0 Å². The van der Waals surface area contributed by atoms with Crippen molar-refractivity contribution < 1.29 is 5.11 Å². The largest absolute Gasteiger partial charge is 0.390 e. The highest BCUT2D eigenvalue weighted by atomic mass is 16.3. The first-order valence-electron chi connectivity index (χ1n) is 5.96. The molecular formula is C12H25NO. The third kappa shape index (κ3) is 2.29. The van der Waals surface area contributed by atoms with Gasteiger partial charge in [0.15, 0.2) is 0 Å². The molecule has 84 valence electrons. The van der Waals surface area contributed by atoms with Crippen LogP contribution in [0.25, 0.3) is 0 Å². The lowest BCUT2D eigenvalue weighted by molar-refractivity contribution is -0.128. The first-order valence-corrected chi connectivity index (χ1v) is 5.96. The molecular weight excluding hydrogens is 174 g/mol. The SMILES string of the molecule is CCCC(CN)C1(O)CC(C(C)C)C1. The molecule has 0 aromatic rings. The fraction of sp³-hybridized carbons (Fsp3) is 1.00. The number of hydrogen-bond donors (Lipinski definition) is 2. The van der Waals surface area contributed by atoms with Gasteiger partial charge in [0.25, 0.3) is 0 Å². The van der Waals surface area contributed by atoms with Crippen LogP contribution in [-0.4, -0.2) is 17.3 Å². The van der Waals surface area contributed by atoms with Crippen LogP contribution >= 0.6 is 0 Å². The van der Waals surface area contributed by atoms with E-state index in [1.54, 1.807) is 0 Å². The minimum absolute atomic E-state index is 0.322. The molecule has 1 unspecified atom stereocenters. The Morgan fingerprint density at radius 1 is 1.43 bits per heavy atom. The Labute approximate surface area is 87.9 Å². The van der Waals surface area contributed by atoms with Gasteiger partial charge >= 0.3 is 0 Å². The van der Waals surface area contributed by atoms with Crippen molar-refractivity contribution in [3.05, 3.63) is 0 Å². The summed E-state index contributed by atoms with van der Waals surface area (Å²) < 4.78 is 0. The highest BCUT2D eigenvalue weighted by molar-refractivity contribution is 4.99. The maximum absolute atomic E-state index is 10.3. The Morgan fingerprint density at radius 2 is 2.00 bits per heavy atom. The van der Waals surface area contributed by atoms with Crippen molar-refractivity contribution in [1.82, 2.24) is 0 Å². The summed E-state index contributed by atoms with van der Waals surface area (Å²) in [5.74, 6) is 1.74. The summed E-state index contributed by atoms with van der Waals surface area (Å²) >= 11 is 0. The molecule has 2 nitrogen and oxygen atoms in total. The topological polar surface area (TPSA) is 46.2 Å². The molecule has 1 saturated carbocycles. The molecule has 0 bridgehead atoms. The predicted octanol–water partition coefficient (Wildman–Crippen LogP) is 2.16. The molecule has 1 atom stereocenters. The molecule has 0 saturated heterocycles. The third-order valence-corrected chi connectivity index (χ3v) is 3.86. The molecule has 0 aliphatic heterocycles. The van der Waals surface area contributed by atoms with Crippen molar-refractivity contribution in [3.63, 3.8) is 0 Å². The zero-order valence-electron chi connectivity index (χ0n) is 9.79. The fourth-order valence-corrected chi connectivity index (χ4v) is 2.61. The molecule has 14 heavy (non-hydrogen) atoms. The molecule has 0 spiro atoms. The minimum atomic E-state index is -0.431. The second-order valence-electron chi connectivity index (χ2n) is 5.24. The zero-order valence-corrected chi connectivity index (χ0v) is 9.79. The lowest BCUT2D eigenvalue weighted by atomic mass is 9.60. The van der Waals surface area contributed by atoms with Crippen LogP contribution in [0.1, 0.15) is 46.5 Å². The zero-order chi connectivity index (χ0) is 10.8. The molecule has 2 heteroatoms. The summed E-state index contributed by atoms with van der Waals surface area (Å²) in [5, 5.41) is 10.3. The smallest absolute Gasteiger partial charge is 0.0693 e. The quantitative estimate of drug-likeness (QED) is 0.712. The number of rotatable bonds is 5. The monoisotopic (exact) mass is 199 g/mol. The minimum Gasteiger partial charge on any atom is -0.390 e. The van der Waals surface area contributed by atoms with Gasteiger partial charge in [0.2, 0.25) is 0 Å². The van der Waals surface area contributed by atoms with Gasteiger partial charge in [-0.2, -0.15) is 0 Å². The van der Waals surface area contributed by atoms with Crippen LogP contribution in [0.2, 0.25) is 0 Å². The number of hydrogen-bond acceptors (Lipinski definition) is 2. The summed E-state index contributed by atoms with van der Waals surface area (Å²) in [6, 6.07) is 0. The third-order valence-electron chi connectivity index (χ3n) is 3.86. The van der Waals surface area contributed by atoms with Gasteiger partial charge in [-0.05, 0) is 43.6 Å². The Bertz CT molecular complexity index is 173. The van der Waals surface area contributed by atoms with E-state index in [1.165, 1.54) is 0 Å². The van der Waals surface area contributed by atoms with E-state index in [0.717, 1.165) is 25.7 Å². The van der Waals surface area contributed by atoms with E-state index in [2.05, 4.69) is 20.8 Å². The molecule has 0 aromatic carbocycles. The van der Waals surface area contributed by atoms with Gasteiger partial charge in [-0.1, -0.05) is 27.2 Å². The first kappa shape index (κ1) is 12.0. The molecule has 1 fully saturated rings. The molecule has 1 aliphatic carbocycles. The van der Waals surface area contributed by atoms with Crippen LogP contribution in [0, 0.1) is 17.8 Å². The van der Waals surface area contributed by atoms with E-state index >= 15 is 0 Å². The summed E-state index contributed by atoms with van der Waals surface area (Å²) in [6.45, 7) is 7.27. The van der Waals surface area contributed by atoms with Crippen LogP contribution in [0.15, 0.2) is 0 Å². The lowest BCUT2D eigenvalue weighted by Crippen LogP contribution is -2.53. The summed E-state index contributed by atoms with van der Waals surface area (Å²) in [7, 11) is 0. The second-order valence-corrected chi connectivity index (χ2v) is 5.24. The molecule has 1 rings (SSSR count). The van der Waals surface area contributed by atoms with Crippen molar-refractivity contribution in [2.75, 3.05) is 6.54 Å². The van der Waals surface area contributed by atoms with E-state index in [9.17, 15) is 5.11 Å².